The molecule has 2 aliphatic heterocycles. The van der Waals surface area contributed by atoms with Crippen LogP contribution in [0.4, 0.5) is 0 Å². The Morgan fingerprint density at radius 1 is 1.38 bits per heavy atom. The molecule has 21 heavy (non-hydrogen) atoms. The van der Waals surface area contributed by atoms with Gasteiger partial charge in [0.2, 0.25) is 0 Å². The van der Waals surface area contributed by atoms with Gasteiger partial charge in [0.15, 0.2) is 0 Å². The smallest absolute Gasteiger partial charge is 0.308 e. The summed E-state index contributed by atoms with van der Waals surface area (Å²) in [6, 6.07) is 7.77. The predicted molar refractivity (Wildman–Crippen MR) is 80.3 cm³/mol. The number of rotatable bonds is 3. The van der Waals surface area contributed by atoms with Gasteiger partial charge in [-0.2, -0.15) is 0 Å². The summed E-state index contributed by atoms with van der Waals surface area (Å²) in [6.45, 7) is 3.47. The summed E-state index contributed by atoms with van der Waals surface area (Å²) >= 11 is 6.22. The monoisotopic (exact) mass is 309 g/mol. The number of carbonyl (C=O) groups is 1. The summed E-state index contributed by atoms with van der Waals surface area (Å²) in [7, 11) is 0. The van der Waals surface area contributed by atoms with Crippen LogP contribution in [0.2, 0.25) is 5.02 Å². The number of carboxylic acids is 1. The van der Waals surface area contributed by atoms with E-state index in [4.69, 9.17) is 16.3 Å². The van der Waals surface area contributed by atoms with E-state index < -0.39 is 5.97 Å². The van der Waals surface area contributed by atoms with Crippen LogP contribution >= 0.6 is 11.6 Å². The van der Waals surface area contributed by atoms with Crippen molar-refractivity contribution in [2.45, 2.75) is 19.4 Å². The van der Waals surface area contributed by atoms with Gasteiger partial charge in [-0.05, 0) is 24.5 Å². The average molecular weight is 310 g/mol. The van der Waals surface area contributed by atoms with Gasteiger partial charge >= 0.3 is 5.97 Å². The van der Waals surface area contributed by atoms with Crippen molar-refractivity contribution >= 4 is 17.6 Å². The van der Waals surface area contributed by atoms with Crippen molar-refractivity contribution in [3.63, 3.8) is 0 Å². The number of carboxylic acid groups (broad SMARTS) is 1. The summed E-state index contributed by atoms with van der Waals surface area (Å²) in [5.41, 5.74) is 0.929. The molecule has 1 atom stereocenters. The summed E-state index contributed by atoms with van der Waals surface area (Å²) in [4.78, 5) is 13.9. The van der Waals surface area contributed by atoms with Crippen LogP contribution in [0.1, 0.15) is 18.4 Å². The van der Waals surface area contributed by atoms with E-state index in [1.165, 1.54) is 0 Å². The van der Waals surface area contributed by atoms with Crippen LogP contribution in [0.3, 0.4) is 0 Å². The van der Waals surface area contributed by atoms with E-state index in [9.17, 15) is 9.90 Å². The van der Waals surface area contributed by atoms with Crippen LogP contribution in [-0.4, -0.2) is 42.3 Å². The molecular formula is C16H20ClNO3. The van der Waals surface area contributed by atoms with E-state index in [1.54, 1.807) is 0 Å². The van der Waals surface area contributed by atoms with Crippen LogP contribution in [0.25, 0.3) is 0 Å². The first-order valence-electron chi connectivity index (χ1n) is 7.37. The number of hydrogen-bond donors (Lipinski definition) is 1. The van der Waals surface area contributed by atoms with E-state index in [0.29, 0.717) is 26.3 Å². The van der Waals surface area contributed by atoms with Gasteiger partial charge < -0.3 is 9.84 Å². The van der Waals surface area contributed by atoms with Crippen molar-refractivity contribution in [2.24, 2.45) is 11.3 Å². The van der Waals surface area contributed by atoms with E-state index in [-0.39, 0.29) is 11.3 Å². The van der Waals surface area contributed by atoms with Crippen molar-refractivity contribution in [3.05, 3.63) is 34.9 Å². The molecule has 0 aromatic heterocycles. The zero-order chi connectivity index (χ0) is 14.9. The number of nitrogens with zero attached hydrogens (tertiary/aromatic N) is 1. The molecule has 2 heterocycles. The molecule has 1 aromatic carbocycles. The SMILES string of the molecule is O=C(O)C1CN(Cc2ccccc2Cl)CC12CCOCC2. The molecule has 0 bridgehead atoms. The summed E-state index contributed by atoms with van der Waals surface area (Å²) in [5, 5.41) is 10.3. The predicted octanol–water partition coefficient (Wildman–Crippen LogP) is 2.65. The fourth-order valence-electron chi connectivity index (χ4n) is 3.68. The maximum absolute atomic E-state index is 11.6. The summed E-state index contributed by atoms with van der Waals surface area (Å²) in [5.74, 6) is -0.984. The minimum Gasteiger partial charge on any atom is -0.481 e. The van der Waals surface area contributed by atoms with E-state index in [0.717, 1.165) is 30.0 Å². The minimum absolute atomic E-state index is 0.134. The number of aliphatic carboxylic acids is 1. The molecule has 0 aliphatic carbocycles. The molecule has 2 saturated heterocycles. The largest absolute Gasteiger partial charge is 0.481 e. The number of halogens is 1. The van der Waals surface area contributed by atoms with Gasteiger partial charge in [0, 0.05) is 43.3 Å². The standard InChI is InChI=1S/C16H20ClNO3/c17-14-4-2-1-3-12(14)9-18-10-13(15(19)20)16(11-18)5-7-21-8-6-16/h1-4,13H,5-11H2,(H,19,20). The highest BCUT2D eigenvalue weighted by molar-refractivity contribution is 6.31. The van der Waals surface area contributed by atoms with Gasteiger partial charge in [0.1, 0.15) is 0 Å². The van der Waals surface area contributed by atoms with Gasteiger partial charge in [-0.3, -0.25) is 9.69 Å². The van der Waals surface area contributed by atoms with Crippen molar-refractivity contribution < 1.29 is 14.6 Å². The van der Waals surface area contributed by atoms with E-state index >= 15 is 0 Å². The van der Waals surface area contributed by atoms with Crippen LogP contribution in [-0.2, 0) is 16.1 Å². The Morgan fingerprint density at radius 2 is 2.10 bits per heavy atom. The van der Waals surface area contributed by atoms with E-state index in [1.807, 2.05) is 24.3 Å². The zero-order valence-corrected chi connectivity index (χ0v) is 12.7. The van der Waals surface area contributed by atoms with Crippen LogP contribution in [0, 0.1) is 11.3 Å². The lowest BCUT2D eigenvalue weighted by Crippen LogP contribution is -2.40. The van der Waals surface area contributed by atoms with Crippen LogP contribution in [0.5, 0.6) is 0 Å². The fraction of sp³-hybridized carbons (Fsp3) is 0.562. The Morgan fingerprint density at radius 3 is 2.76 bits per heavy atom. The van der Waals surface area contributed by atoms with Crippen LogP contribution in [0.15, 0.2) is 24.3 Å². The molecule has 4 nitrogen and oxygen atoms in total. The first-order valence-corrected chi connectivity index (χ1v) is 7.75. The fourth-order valence-corrected chi connectivity index (χ4v) is 3.88. The van der Waals surface area contributed by atoms with Gasteiger partial charge in [-0.1, -0.05) is 29.8 Å². The van der Waals surface area contributed by atoms with Crippen molar-refractivity contribution in [1.29, 1.82) is 0 Å². The molecule has 2 aliphatic rings. The lowest BCUT2D eigenvalue weighted by atomic mass is 9.72. The average Bonchev–Trinajstić information content (AvgIpc) is 2.80. The molecule has 0 amide bonds. The third kappa shape index (κ3) is 2.93. The first kappa shape index (κ1) is 14.8. The zero-order valence-electron chi connectivity index (χ0n) is 11.9. The van der Waals surface area contributed by atoms with Crippen LogP contribution < -0.4 is 0 Å². The molecule has 1 aromatic rings. The van der Waals surface area contributed by atoms with Gasteiger partial charge in [-0.25, -0.2) is 0 Å². The number of benzene rings is 1. The van der Waals surface area contributed by atoms with Gasteiger partial charge in [-0.15, -0.1) is 0 Å². The van der Waals surface area contributed by atoms with Gasteiger partial charge in [0.25, 0.3) is 0 Å². The molecule has 0 saturated carbocycles. The Hall–Kier alpha value is -1.10. The molecule has 114 valence electrons. The van der Waals surface area contributed by atoms with Gasteiger partial charge in [0.05, 0.1) is 5.92 Å². The maximum Gasteiger partial charge on any atom is 0.308 e. The highest BCUT2D eigenvalue weighted by atomic mass is 35.5. The Kier molecular flexibility index (Phi) is 4.20. The maximum atomic E-state index is 11.6. The molecule has 1 spiro atoms. The molecule has 3 rings (SSSR count). The summed E-state index contributed by atoms with van der Waals surface area (Å²) in [6.07, 6.45) is 1.67. The normalized spacial score (nSPS) is 25.3. The Labute approximate surface area is 129 Å². The molecule has 5 heteroatoms. The summed E-state index contributed by atoms with van der Waals surface area (Å²) < 4.78 is 5.42. The van der Waals surface area contributed by atoms with Crippen molar-refractivity contribution in [2.75, 3.05) is 26.3 Å². The quantitative estimate of drug-likeness (QED) is 0.932. The second kappa shape index (κ2) is 5.95. The minimum atomic E-state index is -0.682. The highest BCUT2D eigenvalue weighted by Crippen LogP contribution is 2.44. The van der Waals surface area contributed by atoms with Crippen molar-refractivity contribution in [1.82, 2.24) is 4.90 Å². The second-order valence-corrected chi connectivity index (χ2v) is 6.53. The topological polar surface area (TPSA) is 49.8 Å². The molecule has 0 radical (unpaired) electrons. The lowest BCUT2D eigenvalue weighted by molar-refractivity contribution is -0.146. The van der Waals surface area contributed by atoms with E-state index in [2.05, 4.69) is 4.90 Å². The lowest BCUT2D eigenvalue weighted by Gasteiger charge is -2.36. The third-order valence-electron chi connectivity index (χ3n) is 4.86. The molecule has 1 unspecified atom stereocenters. The Balaban J connectivity index is 1.77. The first-order chi connectivity index (χ1) is 10.1. The number of likely N-dealkylation sites (tertiary alicyclic amines) is 1. The number of hydrogen-bond acceptors (Lipinski definition) is 3. The highest BCUT2D eigenvalue weighted by Gasteiger charge is 2.50. The third-order valence-corrected chi connectivity index (χ3v) is 5.23. The Bertz CT molecular complexity index is 528. The van der Waals surface area contributed by atoms with Crippen molar-refractivity contribution in [3.8, 4) is 0 Å². The molecule has 1 N–H and O–H groups in total. The molecule has 2 fully saturated rings. The molecular weight excluding hydrogens is 290 g/mol. The number of ether oxygens (including phenoxy) is 1. The second-order valence-electron chi connectivity index (χ2n) is 6.13.